The fourth-order valence-corrected chi connectivity index (χ4v) is 0.980. The third kappa shape index (κ3) is 3.02. The second-order valence-corrected chi connectivity index (χ2v) is 4.70. The summed E-state index contributed by atoms with van der Waals surface area (Å²) in [4.78, 5) is 11.0. The first-order valence-electron chi connectivity index (χ1n) is 4.75. The highest BCUT2D eigenvalue weighted by Crippen LogP contribution is 2.41. The Balaban J connectivity index is 4.37. The van der Waals surface area contributed by atoms with Crippen LogP contribution in [0.2, 0.25) is 0 Å². The van der Waals surface area contributed by atoms with E-state index in [-0.39, 0.29) is 11.4 Å². The van der Waals surface area contributed by atoms with Crippen LogP contribution in [0.1, 0.15) is 40.5 Å². The molecule has 0 radical (unpaired) electrons. The second kappa shape index (κ2) is 4.45. The SMILES string of the molecule is COC(=O)CCC(C)(C)C(C)(C)C#N. The maximum Gasteiger partial charge on any atom is 0.305 e. The van der Waals surface area contributed by atoms with Crippen LogP contribution in [0.25, 0.3) is 0 Å². The molecule has 3 nitrogen and oxygen atoms in total. The van der Waals surface area contributed by atoms with Crippen molar-refractivity contribution in [3.63, 3.8) is 0 Å². The zero-order valence-corrected chi connectivity index (χ0v) is 9.68. The molecule has 0 spiro atoms. The van der Waals surface area contributed by atoms with Gasteiger partial charge in [-0.3, -0.25) is 4.79 Å². The zero-order valence-electron chi connectivity index (χ0n) is 9.68. The third-order valence-electron chi connectivity index (χ3n) is 3.15. The van der Waals surface area contributed by atoms with Gasteiger partial charge in [-0.1, -0.05) is 13.8 Å². The molecule has 0 aliphatic heterocycles. The van der Waals surface area contributed by atoms with E-state index in [9.17, 15) is 4.79 Å². The molecule has 0 saturated heterocycles. The lowest BCUT2D eigenvalue weighted by atomic mass is 9.66. The van der Waals surface area contributed by atoms with E-state index in [1.54, 1.807) is 0 Å². The number of ether oxygens (including phenoxy) is 1. The van der Waals surface area contributed by atoms with Crippen LogP contribution in [0.15, 0.2) is 0 Å². The van der Waals surface area contributed by atoms with Crippen LogP contribution < -0.4 is 0 Å². The summed E-state index contributed by atoms with van der Waals surface area (Å²) in [5, 5.41) is 8.99. The van der Waals surface area contributed by atoms with Gasteiger partial charge in [-0.15, -0.1) is 0 Å². The molecule has 0 atom stereocenters. The van der Waals surface area contributed by atoms with E-state index in [0.29, 0.717) is 12.8 Å². The molecule has 0 aromatic heterocycles. The van der Waals surface area contributed by atoms with Crippen molar-refractivity contribution in [2.75, 3.05) is 7.11 Å². The lowest BCUT2D eigenvalue weighted by molar-refractivity contribution is -0.141. The number of carbonyl (C=O) groups excluding carboxylic acids is 1. The summed E-state index contributed by atoms with van der Waals surface area (Å²) in [6.07, 6.45) is 1.04. The first-order valence-corrected chi connectivity index (χ1v) is 4.75. The number of carbonyl (C=O) groups is 1. The van der Waals surface area contributed by atoms with Crippen LogP contribution in [0.4, 0.5) is 0 Å². The Morgan fingerprint density at radius 2 is 1.86 bits per heavy atom. The Kier molecular flexibility index (Phi) is 4.12. The number of hydrogen-bond acceptors (Lipinski definition) is 3. The summed E-state index contributed by atoms with van der Waals surface area (Å²) in [5.74, 6) is -0.216. The lowest BCUT2D eigenvalue weighted by Gasteiger charge is -2.35. The number of nitriles is 1. The van der Waals surface area contributed by atoms with Crippen LogP contribution in [-0.4, -0.2) is 13.1 Å². The number of hydrogen-bond donors (Lipinski definition) is 0. The van der Waals surface area contributed by atoms with E-state index in [1.165, 1.54) is 7.11 Å². The lowest BCUT2D eigenvalue weighted by Crippen LogP contribution is -2.31. The Labute approximate surface area is 86.1 Å². The summed E-state index contributed by atoms with van der Waals surface area (Å²) >= 11 is 0. The highest BCUT2D eigenvalue weighted by molar-refractivity contribution is 5.69. The Morgan fingerprint density at radius 1 is 1.36 bits per heavy atom. The molecule has 0 fully saturated rings. The van der Waals surface area contributed by atoms with Crippen LogP contribution >= 0.6 is 0 Å². The van der Waals surface area contributed by atoms with E-state index in [0.717, 1.165) is 0 Å². The Hall–Kier alpha value is -1.04. The fourth-order valence-electron chi connectivity index (χ4n) is 0.980. The van der Waals surface area contributed by atoms with Crippen LogP contribution in [0, 0.1) is 22.2 Å². The summed E-state index contributed by atoms with van der Waals surface area (Å²) in [6.45, 7) is 7.78. The molecule has 0 aliphatic rings. The van der Waals surface area contributed by atoms with Gasteiger partial charge in [0, 0.05) is 6.42 Å². The summed E-state index contributed by atoms with van der Waals surface area (Å²) in [7, 11) is 1.38. The van der Waals surface area contributed by atoms with E-state index in [4.69, 9.17) is 5.26 Å². The number of rotatable bonds is 4. The standard InChI is InChI=1S/C11H19NO2/c1-10(2,11(3,4)8-12)7-6-9(13)14-5/h6-7H2,1-5H3. The van der Waals surface area contributed by atoms with Gasteiger partial charge < -0.3 is 4.74 Å². The summed E-state index contributed by atoms with van der Waals surface area (Å²) in [5.41, 5.74) is -0.614. The van der Waals surface area contributed by atoms with Crippen molar-refractivity contribution in [3.8, 4) is 6.07 Å². The van der Waals surface area contributed by atoms with Gasteiger partial charge in [0.2, 0.25) is 0 Å². The average molecular weight is 197 g/mol. The van der Waals surface area contributed by atoms with E-state index >= 15 is 0 Å². The molecule has 14 heavy (non-hydrogen) atoms. The van der Waals surface area contributed by atoms with Crippen molar-refractivity contribution in [2.45, 2.75) is 40.5 Å². The van der Waals surface area contributed by atoms with Gasteiger partial charge in [0.05, 0.1) is 18.6 Å². The van der Waals surface area contributed by atoms with Gasteiger partial charge >= 0.3 is 5.97 Å². The minimum Gasteiger partial charge on any atom is -0.469 e. The van der Waals surface area contributed by atoms with E-state index in [1.807, 2.05) is 27.7 Å². The maximum absolute atomic E-state index is 11.0. The molecule has 3 heteroatoms. The first-order chi connectivity index (χ1) is 6.27. The predicted octanol–water partition coefficient (Wildman–Crippen LogP) is 2.52. The van der Waals surface area contributed by atoms with Gasteiger partial charge in [0.1, 0.15) is 0 Å². The zero-order chi connectivity index (χ0) is 11.4. The van der Waals surface area contributed by atoms with Gasteiger partial charge in [-0.2, -0.15) is 5.26 Å². The van der Waals surface area contributed by atoms with Crippen molar-refractivity contribution in [2.24, 2.45) is 10.8 Å². The summed E-state index contributed by atoms with van der Waals surface area (Å²) < 4.78 is 4.57. The monoisotopic (exact) mass is 197 g/mol. The highest BCUT2D eigenvalue weighted by atomic mass is 16.5. The van der Waals surface area contributed by atoms with Crippen LogP contribution in [0.5, 0.6) is 0 Å². The van der Waals surface area contributed by atoms with Gasteiger partial charge in [0.25, 0.3) is 0 Å². The topological polar surface area (TPSA) is 50.1 Å². The van der Waals surface area contributed by atoms with Crippen LogP contribution in [0.3, 0.4) is 0 Å². The van der Waals surface area contributed by atoms with Crippen LogP contribution in [-0.2, 0) is 9.53 Å². The Bertz CT molecular complexity index is 249. The molecule has 0 aromatic carbocycles. The molecule has 0 amide bonds. The molecule has 0 heterocycles. The quantitative estimate of drug-likeness (QED) is 0.651. The molecule has 80 valence electrons. The van der Waals surface area contributed by atoms with Crippen molar-refractivity contribution in [1.29, 1.82) is 5.26 Å². The molecule has 0 aliphatic carbocycles. The molecule has 0 unspecified atom stereocenters. The van der Waals surface area contributed by atoms with Crippen molar-refractivity contribution >= 4 is 5.97 Å². The van der Waals surface area contributed by atoms with Crippen molar-refractivity contribution < 1.29 is 9.53 Å². The fraction of sp³-hybridized carbons (Fsp3) is 0.818. The van der Waals surface area contributed by atoms with Gasteiger partial charge in [0.15, 0.2) is 0 Å². The molecule has 0 bridgehead atoms. The second-order valence-electron chi connectivity index (χ2n) is 4.70. The normalized spacial score (nSPS) is 12.0. The maximum atomic E-state index is 11.0. The van der Waals surface area contributed by atoms with Crippen molar-refractivity contribution in [3.05, 3.63) is 0 Å². The third-order valence-corrected chi connectivity index (χ3v) is 3.15. The molecular weight excluding hydrogens is 178 g/mol. The molecule has 0 saturated carbocycles. The highest BCUT2D eigenvalue weighted by Gasteiger charge is 2.37. The number of methoxy groups -OCH3 is 1. The molecule has 0 aromatic rings. The van der Waals surface area contributed by atoms with Gasteiger partial charge in [-0.25, -0.2) is 0 Å². The van der Waals surface area contributed by atoms with Gasteiger partial charge in [-0.05, 0) is 25.7 Å². The Morgan fingerprint density at radius 3 is 2.21 bits per heavy atom. The largest absolute Gasteiger partial charge is 0.469 e. The summed E-state index contributed by atoms with van der Waals surface area (Å²) in [6, 6.07) is 2.27. The number of nitrogens with zero attached hydrogens (tertiary/aromatic N) is 1. The number of esters is 1. The van der Waals surface area contributed by atoms with E-state index in [2.05, 4.69) is 10.8 Å². The molecular formula is C11H19NO2. The molecule has 0 rings (SSSR count). The minimum absolute atomic E-state index is 0.185. The van der Waals surface area contributed by atoms with Crippen molar-refractivity contribution in [1.82, 2.24) is 0 Å². The smallest absolute Gasteiger partial charge is 0.305 e. The molecule has 0 N–H and O–H groups in total. The average Bonchev–Trinajstić information content (AvgIpc) is 2.13. The first kappa shape index (κ1) is 13.0. The predicted molar refractivity (Wildman–Crippen MR) is 54.4 cm³/mol. The van der Waals surface area contributed by atoms with E-state index < -0.39 is 5.41 Å². The minimum atomic E-state index is -0.430.